The molecule has 1 aromatic carbocycles. The van der Waals surface area contributed by atoms with Crippen LogP contribution in [0.3, 0.4) is 0 Å². The number of carbonyl (C=O) groups excluding carboxylic acids is 1. The number of hydrogen-bond acceptors (Lipinski definition) is 3. The van der Waals surface area contributed by atoms with E-state index in [0.717, 1.165) is 32.0 Å². The van der Waals surface area contributed by atoms with Crippen LogP contribution in [0.4, 0.5) is 20.2 Å². The lowest BCUT2D eigenvalue weighted by atomic mass is 10.2. The minimum absolute atomic E-state index is 0.0780. The van der Waals surface area contributed by atoms with Crippen LogP contribution in [0.2, 0.25) is 0 Å². The van der Waals surface area contributed by atoms with Crippen LogP contribution in [0, 0.1) is 11.6 Å². The Balaban J connectivity index is 1.90. The van der Waals surface area contributed by atoms with Gasteiger partial charge in [0, 0.05) is 26.1 Å². The van der Waals surface area contributed by atoms with Gasteiger partial charge in [-0.3, -0.25) is 9.80 Å². The van der Waals surface area contributed by atoms with E-state index in [4.69, 9.17) is 0 Å². The third kappa shape index (κ3) is 2.72. The van der Waals surface area contributed by atoms with Crippen molar-refractivity contribution in [3.8, 4) is 0 Å². The molecule has 0 atom stereocenters. The second-order valence-electron chi connectivity index (χ2n) is 5.23. The molecule has 2 heterocycles. The van der Waals surface area contributed by atoms with Crippen molar-refractivity contribution in [1.82, 2.24) is 5.01 Å². The van der Waals surface area contributed by atoms with Crippen LogP contribution in [0.25, 0.3) is 0 Å². The molecule has 2 aliphatic heterocycles. The van der Waals surface area contributed by atoms with E-state index < -0.39 is 17.3 Å². The van der Waals surface area contributed by atoms with Gasteiger partial charge in [0.1, 0.15) is 0 Å². The van der Waals surface area contributed by atoms with E-state index in [9.17, 15) is 13.6 Å². The molecule has 0 unspecified atom stereocenters. The Morgan fingerprint density at radius 3 is 2.48 bits per heavy atom. The highest BCUT2D eigenvalue weighted by atomic mass is 19.1. The lowest BCUT2D eigenvalue weighted by Crippen LogP contribution is -2.24. The van der Waals surface area contributed by atoms with Crippen LogP contribution in [-0.4, -0.2) is 30.6 Å². The van der Waals surface area contributed by atoms with E-state index in [2.05, 4.69) is 10.3 Å². The SMILES string of the molecule is O=C1CCCN1c1ccc(F)c(N=NN2CCCC2)c1F. The first-order valence-corrected chi connectivity index (χ1v) is 7.12. The molecule has 2 saturated heterocycles. The largest absolute Gasteiger partial charge is 0.310 e. The second kappa shape index (κ2) is 5.75. The average molecular weight is 294 g/mol. The number of halogens is 2. The molecular formula is C14H16F2N4O. The fourth-order valence-corrected chi connectivity index (χ4v) is 2.63. The molecule has 2 fully saturated rings. The molecule has 3 rings (SSSR count). The fourth-order valence-electron chi connectivity index (χ4n) is 2.63. The molecule has 112 valence electrons. The summed E-state index contributed by atoms with van der Waals surface area (Å²) in [5.41, 5.74) is -0.353. The van der Waals surface area contributed by atoms with Crippen LogP contribution < -0.4 is 4.90 Å². The van der Waals surface area contributed by atoms with Gasteiger partial charge in [-0.25, -0.2) is 8.78 Å². The Hall–Kier alpha value is -2.05. The van der Waals surface area contributed by atoms with Gasteiger partial charge in [-0.1, -0.05) is 5.22 Å². The first kappa shape index (κ1) is 13.9. The Labute approximate surface area is 121 Å². The maximum absolute atomic E-state index is 14.4. The van der Waals surface area contributed by atoms with E-state index >= 15 is 0 Å². The molecule has 0 bridgehead atoms. The fraction of sp³-hybridized carbons (Fsp3) is 0.500. The zero-order valence-electron chi connectivity index (χ0n) is 11.6. The third-order valence-corrected chi connectivity index (χ3v) is 3.76. The van der Waals surface area contributed by atoms with Gasteiger partial charge in [-0.15, -0.1) is 5.11 Å². The van der Waals surface area contributed by atoms with Crippen LogP contribution >= 0.6 is 0 Å². The molecule has 5 nitrogen and oxygen atoms in total. The van der Waals surface area contributed by atoms with Gasteiger partial charge in [0.25, 0.3) is 0 Å². The Kier molecular flexibility index (Phi) is 3.81. The molecule has 0 radical (unpaired) electrons. The molecule has 0 spiro atoms. The molecule has 21 heavy (non-hydrogen) atoms. The van der Waals surface area contributed by atoms with Gasteiger partial charge >= 0.3 is 0 Å². The summed E-state index contributed by atoms with van der Waals surface area (Å²) in [5, 5.41) is 9.27. The first-order valence-electron chi connectivity index (χ1n) is 7.12. The van der Waals surface area contributed by atoms with Crippen molar-refractivity contribution in [2.45, 2.75) is 25.7 Å². The van der Waals surface area contributed by atoms with E-state index in [1.54, 1.807) is 5.01 Å². The van der Waals surface area contributed by atoms with Crippen molar-refractivity contribution in [2.24, 2.45) is 10.3 Å². The summed E-state index contributed by atoms with van der Waals surface area (Å²) < 4.78 is 28.2. The minimum atomic E-state index is -0.826. The maximum atomic E-state index is 14.4. The number of amides is 1. The minimum Gasteiger partial charge on any atom is -0.310 e. The van der Waals surface area contributed by atoms with E-state index in [1.807, 2.05) is 0 Å². The third-order valence-electron chi connectivity index (χ3n) is 3.76. The monoisotopic (exact) mass is 294 g/mol. The molecule has 2 aliphatic rings. The lowest BCUT2D eigenvalue weighted by Gasteiger charge is -2.17. The summed E-state index contributed by atoms with van der Waals surface area (Å²) in [7, 11) is 0. The zero-order chi connectivity index (χ0) is 14.8. The quantitative estimate of drug-likeness (QED) is 0.804. The molecule has 1 aromatic rings. The van der Waals surface area contributed by atoms with E-state index in [1.165, 1.54) is 11.0 Å². The van der Waals surface area contributed by atoms with Crippen molar-refractivity contribution < 1.29 is 13.6 Å². The van der Waals surface area contributed by atoms with Gasteiger partial charge in [0.05, 0.1) is 5.69 Å². The number of carbonyl (C=O) groups is 1. The van der Waals surface area contributed by atoms with E-state index in [-0.39, 0.29) is 11.6 Å². The van der Waals surface area contributed by atoms with Crippen LogP contribution in [-0.2, 0) is 4.79 Å². The van der Waals surface area contributed by atoms with Crippen molar-refractivity contribution in [3.63, 3.8) is 0 Å². The van der Waals surface area contributed by atoms with Crippen molar-refractivity contribution in [2.75, 3.05) is 24.5 Å². The molecule has 1 amide bonds. The second-order valence-corrected chi connectivity index (χ2v) is 5.23. The highest BCUT2D eigenvalue weighted by molar-refractivity contribution is 5.95. The van der Waals surface area contributed by atoms with Crippen molar-refractivity contribution >= 4 is 17.3 Å². The molecule has 0 saturated carbocycles. The molecule has 0 aliphatic carbocycles. The van der Waals surface area contributed by atoms with Gasteiger partial charge in [-0.05, 0) is 31.4 Å². The van der Waals surface area contributed by atoms with Gasteiger partial charge in [0.2, 0.25) is 5.91 Å². The smallest absolute Gasteiger partial charge is 0.227 e. The summed E-state index contributed by atoms with van der Waals surface area (Å²) in [6.07, 6.45) is 3.08. The Morgan fingerprint density at radius 1 is 1.05 bits per heavy atom. The normalized spacial score (nSPS) is 19.2. The summed E-state index contributed by atoms with van der Waals surface area (Å²) in [6.45, 7) is 1.94. The van der Waals surface area contributed by atoms with Gasteiger partial charge in [0.15, 0.2) is 17.3 Å². The van der Waals surface area contributed by atoms with Crippen molar-refractivity contribution in [3.05, 3.63) is 23.8 Å². The standard InChI is InChI=1S/C14H16F2N4O/c15-10-5-6-11(20-9-3-4-12(20)21)13(16)14(10)17-18-19-7-1-2-8-19/h5-6H,1-4,7-9H2. The van der Waals surface area contributed by atoms with Crippen LogP contribution in [0.15, 0.2) is 22.5 Å². The molecule has 7 heteroatoms. The number of anilines is 1. The predicted octanol–water partition coefficient (Wildman–Crippen LogP) is 3.19. The zero-order valence-corrected chi connectivity index (χ0v) is 11.6. The van der Waals surface area contributed by atoms with E-state index in [0.29, 0.717) is 19.4 Å². The Bertz CT molecular complexity index is 585. The van der Waals surface area contributed by atoms with Crippen molar-refractivity contribution in [1.29, 1.82) is 0 Å². The first-order chi connectivity index (χ1) is 10.2. The van der Waals surface area contributed by atoms with Crippen LogP contribution in [0.5, 0.6) is 0 Å². The molecular weight excluding hydrogens is 278 g/mol. The summed E-state index contributed by atoms with van der Waals surface area (Å²) in [6, 6.07) is 2.41. The number of nitrogens with zero attached hydrogens (tertiary/aromatic N) is 4. The summed E-state index contributed by atoms with van der Waals surface area (Å²) in [5.74, 6) is -1.75. The summed E-state index contributed by atoms with van der Waals surface area (Å²) in [4.78, 5) is 13.0. The molecule has 0 N–H and O–H groups in total. The average Bonchev–Trinajstić information content (AvgIpc) is 3.11. The van der Waals surface area contributed by atoms with Crippen LogP contribution in [0.1, 0.15) is 25.7 Å². The Morgan fingerprint density at radius 2 is 1.81 bits per heavy atom. The number of benzene rings is 1. The summed E-state index contributed by atoms with van der Waals surface area (Å²) >= 11 is 0. The predicted molar refractivity (Wildman–Crippen MR) is 73.3 cm³/mol. The highest BCUT2D eigenvalue weighted by Crippen LogP contribution is 2.33. The number of rotatable bonds is 3. The number of hydrogen-bond donors (Lipinski definition) is 0. The molecule has 0 aromatic heterocycles. The highest BCUT2D eigenvalue weighted by Gasteiger charge is 2.26. The lowest BCUT2D eigenvalue weighted by molar-refractivity contribution is -0.117. The topological polar surface area (TPSA) is 48.3 Å². The van der Waals surface area contributed by atoms with Gasteiger partial charge in [-0.2, -0.15) is 0 Å². The maximum Gasteiger partial charge on any atom is 0.227 e. The van der Waals surface area contributed by atoms with Gasteiger partial charge < -0.3 is 4.90 Å².